The standard InChI is InChI=1S/C11H16BrFN4/c1-2-3-6-15-11(17-14)16-10-7-8(13)4-5-9(10)12/h4-5,7H,2-3,6,14H2,1H3,(H2,15,16,17). The van der Waals surface area contributed by atoms with Gasteiger partial charge in [0.2, 0.25) is 5.96 Å². The molecule has 0 aliphatic heterocycles. The zero-order valence-electron chi connectivity index (χ0n) is 9.63. The molecule has 1 aromatic rings. The average molecular weight is 303 g/mol. The molecule has 0 bridgehead atoms. The zero-order chi connectivity index (χ0) is 12.7. The summed E-state index contributed by atoms with van der Waals surface area (Å²) in [7, 11) is 0. The van der Waals surface area contributed by atoms with E-state index in [-0.39, 0.29) is 5.82 Å². The van der Waals surface area contributed by atoms with Crippen LogP contribution in [0.25, 0.3) is 0 Å². The highest BCUT2D eigenvalue weighted by Crippen LogP contribution is 2.22. The van der Waals surface area contributed by atoms with E-state index in [1.807, 2.05) is 0 Å². The first-order valence-corrected chi connectivity index (χ1v) is 6.19. The Bertz CT molecular complexity index is 395. The van der Waals surface area contributed by atoms with Crippen molar-refractivity contribution in [3.05, 3.63) is 28.5 Å². The number of rotatable bonds is 4. The fraction of sp³-hybridized carbons (Fsp3) is 0.364. The van der Waals surface area contributed by atoms with E-state index in [9.17, 15) is 4.39 Å². The Kier molecular flexibility index (Phi) is 5.93. The fourth-order valence-electron chi connectivity index (χ4n) is 1.19. The molecule has 1 rings (SSSR count). The fourth-order valence-corrected chi connectivity index (χ4v) is 1.54. The summed E-state index contributed by atoms with van der Waals surface area (Å²) in [6.45, 7) is 2.76. The van der Waals surface area contributed by atoms with Crippen molar-refractivity contribution in [3.8, 4) is 0 Å². The number of nitrogens with one attached hydrogen (secondary N) is 2. The van der Waals surface area contributed by atoms with Gasteiger partial charge in [0, 0.05) is 11.0 Å². The molecule has 6 heteroatoms. The highest BCUT2D eigenvalue weighted by molar-refractivity contribution is 9.10. The topological polar surface area (TPSA) is 62.4 Å². The lowest BCUT2D eigenvalue weighted by atomic mass is 10.3. The summed E-state index contributed by atoms with van der Waals surface area (Å²) < 4.78 is 13.8. The van der Waals surface area contributed by atoms with E-state index >= 15 is 0 Å². The molecule has 4 nitrogen and oxygen atoms in total. The van der Waals surface area contributed by atoms with Crippen molar-refractivity contribution in [2.45, 2.75) is 19.8 Å². The molecule has 4 N–H and O–H groups in total. The molecule has 0 aliphatic rings. The third kappa shape index (κ3) is 4.70. The summed E-state index contributed by atoms with van der Waals surface area (Å²) in [6, 6.07) is 4.37. The maximum atomic E-state index is 13.1. The molecule has 0 fully saturated rings. The summed E-state index contributed by atoms with van der Waals surface area (Å²) in [4.78, 5) is 4.22. The van der Waals surface area contributed by atoms with Gasteiger partial charge in [-0.05, 0) is 40.5 Å². The lowest BCUT2D eigenvalue weighted by molar-refractivity contribution is 0.628. The van der Waals surface area contributed by atoms with Crippen LogP contribution in [0.4, 0.5) is 10.1 Å². The number of benzene rings is 1. The number of hydrogen-bond donors (Lipinski definition) is 3. The number of unbranched alkanes of at least 4 members (excludes halogenated alkanes) is 1. The highest BCUT2D eigenvalue weighted by atomic mass is 79.9. The van der Waals surface area contributed by atoms with Gasteiger partial charge in [-0.3, -0.25) is 10.4 Å². The van der Waals surface area contributed by atoms with Gasteiger partial charge >= 0.3 is 0 Å². The van der Waals surface area contributed by atoms with Crippen molar-refractivity contribution in [2.24, 2.45) is 10.8 Å². The molecule has 0 saturated heterocycles. The van der Waals surface area contributed by atoms with Crippen LogP contribution < -0.4 is 16.6 Å². The monoisotopic (exact) mass is 302 g/mol. The lowest BCUT2D eigenvalue weighted by Gasteiger charge is -2.10. The molecule has 0 aromatic heterocycles. The van der Waals surface area contributed by atoms with Crippen molar-refractivity contribution in [1.29, 1.82) is 0 Å². The minimum absolute atomic E-state index is 0.319. The van der Waals surface area contributed by atoms with Crippen LogP contribution in [0.3, 0.4) is 0 Å². The molecule has 94 valence electrons. The number of aliphatic imine (C=N–C) groups is 1. The Morgan fingerprint density at radius 3 is 2.94 bits per heavy atom. The number of hydrogen-bond acceptors (Lipinski definition) is 2. The Labute approximate surface area is 109 Å². The van der Waals surface area contributed by atoms with E-state index in [0.717, 1.165) is 17.3 Å². The number of hydrazine groups is 1. The number of guanidine groups is 1. The van der Waals surface area contributed by atoms with Crippen LogP contribution in [-0.4, -0.2) is 12.5 Å². The number of nitrogens with zero attached hydrogens (tertiary/aromatic N) is 1. The second-order valence-electron chi connectivity index (χ2n) is 3.48. The molecule has 17 heavy (non-hydrogen) atoms. The highest BCUT2D eigenvalue weighted by Gasteiger charge is 2.03. The molecule has 0 atom stereocenters. The molecular weight excluding hydrogens is 287 g/mol. The minimum Gasteiger partial charge on any atom is -0.324 e. The van der Waals surface area contributed by atoms with Gasteiger partial charge in [0.25, 0.3) is 0 Å². The molecule has 0 unspecified atom stereocenters. The third-order valence-electron chi connectivity index (χ3n) is 2.10. The summed E-state index contributed by atoms with van der Waals surface area (Å²) in [5.41, 5.74) is 3.03. The van der Waals surface area contributed by atoms with Crippen LogP contribution in [-0.2, 0) is 0 Å². The van der Waals surface area contributed by atoms with Crippen LogP contribution >= 0.6 is 15.9 Å². The second kappa shape index (κ2) is 7.24. The van der Waals surface area contributed by atoms with Gasteiger partial charge in [-0.25, -0.2) is 10.2 Å². The van der Waals surface area contributed by atoms with Crippen LogP contribution in [0, 0.1) is 5.82 Å². The SMILES string of the molecule is CCCCN=C(NN)Nc1cc(F)ccc1Br. The Morgan fingerprint density at radius 2 is 2.29 bits per heavy atom. The Balaban J connectivity index is 2.73. The first-order valence-electron chi connectivity index (χ1n) is 5.40. The predicted molar refractivity (Wildman–Crippen MR) is 72.3 cm³/mol. The second-order valence-corrected chi connectivity index (χ2v) is 4.33. The summed E-state index contributed by atoms with van der Waals surface area (Å²) in [6.07, 6.45) is 2.04. The maximum Gasteiger partial charge on any atom is 0.210 e. The summed E-state index contributed by atoms with van der Waals surface area (Å²) in [5.74, 6) is 5.44. The van der Waals surface area contributed by atoms with Gasteiger partial charge in [0.1, 0.15) is 5.82 Å². The Morgan fingerprint density at radius 1 is 1.53 bits per heavy atom. The molecule has 0 radical (unpaired) electrons. The summed E-state index contributed by atoms with van der Waals surface area (Å²) >= 11 is 3.32. The normalized spacial score (nSPS) is 11.4. The molecule has 1 aromatic carbocycles. The van der Waals surface area contributed by atoms with Crippen LogP contribution in [0.5, 0.6) is 0 Å². The minimum atomic E-state index is -0.319. The van der Waals surface area contributed by atoms with Crippen LogP contribution in [0.15, 0.2) is 27.7 Å². The molecule has 0 heterocycles. The lowest BCUT2D eigenvalue weighted by Crippen LogP contribution is -2.36. The van der Waals surface area contributed by atoms with Crippen LogP contribution in [0.2, 0.25) is 0 Å². The van der Waals surface area contributed by atoms with Gasteiger partial charge in [0.05, 0.1) is 5.69 Å². The summed E-state index contributed by atoms with van der Waals surface area (Å²) in [5, 5.41) is 2.92. The van der Waals surface area contributed by atoms with Gasteiger partial charge in [0.15, 0.2) is 0 Å². The first kappa shape index (κ1) is 13.9. The van der Waals surface area contributed by atoms with Gasteiger partial charge in [-0.2, -0.15) is 0 Å². The average Bonchev–Trinajstić information content (AvgIpc) is 2.32. The van der Waals surface area contributed by atoms with Crippen molar-refractivity contribution >= 4 is 27.6 Å². The molecule has 0 amide bonds. The van der Waals surface area contributed by atoms with Crippen molar-refractivity contribution in [3.63, 3.8) is 0 Å². The number of anilines is 1. The molecule has 0 spiro atoms. The largest absolute Gasteiger partial charge is 0.324 e. The van der Waals surface area contributed by atoms with Gasteiger partial charge < -0.3 is 5.32 Å². The molecular formula is C11H16BrFN4. The number of nitrogens with two attached hydrogens (primary N) is 1. The molecule has 0 saturated carbocycles. The Hall–Kier alpha value is -1.14. The van der Waals surface area contributed by atoms with Crippen molar-refractivity contribution < 1.29 is 4.39 Å². The van der Waals surface area contributed by atoms with Gasteiger partial charge in [-0.1, -0.05) is 13.3 Å². The van der Waals surface area contributed by atoms with E-state index in [1.165, 1.54) is 12.1 Å². The van der Waals surface area contributed by atoms with Crippen LogP contribution in [0.1, 0.15) is 19.8 Å². The zero-order valence-corrected chi connectivity index (χ0v) is 11.2. The van der Waals surface area contributed by atoms with E-state index in [4.69, 9.17) is 5.84 Å². The van der Waals surface area contributed by atoms with E-state index in [2.05, 4.69) is 38.6 Å². The van der Waals surface area contributed by atoms with Crippen molar-refractivity contribution in [1.82, 2.24) is 5.43 Å². The van der Waals surface area contributed by atoms with E-state index in [0.29, 0.717) is 18.2 Å². The predicted octanol–water partition coefficient (Wildman–Crippen LogP) is 2.62. The smallest absolute Gasteiger partial charge is 0.210 e. The quantitative estimate of drug-likeness (QED) is 0.263. The maximum absolute atomic E-state index is 13.1. The van der Waals surface area contributed by atoms with Crippen molar-refractivity contribution in [2.75, 3.05) is 11.9 Å². The first-order chi connectivity index (χ1) is 8.17. The van der Waals surface area contributed by atoms with E-state index < -0.39 is 0 Å². The third-order valence-corrected chi connectivity index (χ3v) is 2.79. The van der Waals surface area contributed by atoms with Gasteiger partial charge in [-0.15, -0.1) is 0 Å². The molecule has 0 aliphatic carbocycles. The van der Waals surface area contributed by atoms with E-state index in [1.54, 1.807) is 6.07 Å². The number of halogens is 2.